The molecule has 162 valence electrons. The predicted octanol–water partition coefficient (Wildman–Crippen LogP) is 0.681. The fourth-order valence-corrected chi connectivity index (χ4v) is 4.37. The van der Waals surface area contributed by atoms with Crippen LogP contribution in [0.15, 0.2) is 59.5 Å². The minimum absolute atomic E-state index is 0.0639. The van der Waals surface area contributed by atoms with Crippen molar-refractivity contribution in [1.29, 1.82) is 0 Å². The number of nitrogens with two attached hydrogens (primary N) is 1. The highest BCUT2D eigenvalue weighted by Crippen LogP contribution is 2.30. The van der Waals surface area contributed by atoms with E-state index in [1.54, 1.807) is 43.3 Å². The first-order chi connectivity index (χ1) is 14.1. The molecule has 1 saturated heterocycles. The number of hydrogen-bond acceptors (Lipinski definition) is 9. The molecule has 0 radical (unpaired) electrons. The Bertz CT molecular complexity index is 993. The van der Waals surface area contributed by atoms with Crippen LogP contribution in [0.25, 0.3) is 0 Å². The Hall–Kier alpha value is -2.34. The fraction of sp³-hybridized carbons (Fsp3) is 0.350. The van der Waals surface area contributed by atoms with Gasteiger partial charge in [0.15, 0.2) is 0 Å². The van der Waals surface area contributed by atoms with Gasteiger partial charge in [-0.3, -0.25) is 9.92 Å². The molecule has 0 aliphatic carbocycles. The Morgan fingerprint density at radius 3 is 2.47 bits per heavy atom. The van der Waals surface area contributed by atoms with E-state index in [0.717, 1.165) is 0 Å². The molecular weight excluding hydrogens is 414 g/mol. The summed E-state index contributed by atoms with van der Waals surface area (Å²) in [5.74, 6) is -3.07. The normalized spacial score (nSPS) is 25.1. The molecule has 1 aliphatic rings. The van der Waals surface area contributed by atoms with E-state index in [9.17, 15) is 23.4 Å². The smallest absolute Gasteiger partial charge is 0.338 e. The number of carbonyl (C=O) groups excluding carboxylic acids is 1. The largest absolute Gasteiger partial charge is 0.459 e. The van der Waals surface area contributed by atoms with Gasteiger partial charge >= 0.3 is 5.97 Å². The third kappa shape index (κ3) is 5.04. The van der Waals surface area contributed by atoms with Crippen LogP contribution in [0, 0.1) is 6.92 Å². The summed E-state index contributed by atoms with van der Waals surface area (Å²) in [6.07, 6.45) is -4.18. The van der Waals surface area contributed by atoms with Crippen molar-refractivity contribution in [2.24, 2.45) is 5.73 Å². The summed E-state index contributed by atoms with van der Waals surface area (Å²) in [4.78, 5) is 12.2. The summed E-state index contributed by atoms with van der Waals surface area (Å²) in [6.45, 7) is 1.10. The SMILES string of the molecule is Cc1ccccc1S(=O)(=O)O[C@H](COC(=O)c1ccccc1)[C@@H]1C[C@@H](O)[C@@](N)(O)O1. The van der Waals surface area contributed by atoms with Crippen LogP contribution < -0.4 is 5.73 Å². The quantitative estimate of drug-likeness (QED) is 0.323. The zero-order chi connectivity index (χ0) is 21.9. The van der Waals surface area contributed by atoms with Crippen LogP contribution in [0.4, 0.5) is 0 Å². The highest BCUT2D eigenvalue weighted by molar-refractivity contribution is 7.86. The minimum atomic E-state index is -4.27. The summed E-state index contributed by atoms with van der Waals surface area (Å²) >= 11 is 0. The van der Waals surface area contributed by atoms with Crippen LogP contribution in [0.5, 0.6) is 0 Å². The van der Waals surface area contributed by atoms with E-state index < -0.39 is 46.9 Å². The van der Waals surface area contributed by atoms with Gasteiger partial charge in [-0.2, -0.15) is 8.42 Å². The van der Waals surface area contributed by atoms with Crippen LogP contribution in [0.2, 0.25) is 0 Å². The molecular formula is C20H23NO8S. The molecule has 1 heterocycles. The van der Waals surface area contributed by atoms with Gasteiger partial charge in [0.1, 0.15) is 18.8 Å². The number of aryl methyl sites for hydroxylation is 1. The number of hydrogen-bond donors (Lipinski definition) is 3. The number of carbonyl (C=O) groups is 1. The average molecular weight is 437 g/mol. The summed E-state index contributed by atoms with van der Waals surface area (Å²) in [5, 5.41) is 19.8. The number of ether oxygens (including phenoxy) is 2. The van der Waals surface area contributed by atoms with Gasteiger partial charge in [-0.25, -0.2) is 4.79 Å². The molecule has 1 aliphatic heterocycles. The number of benzene rings is 2. The molecule has 9 nitrogen and oxygen atoms in total. The maximum atomic E-state index is 12.8. The lowest BCUT2D eigenvalue weighted by molar-refractivity contribution is -0.232. The highest BCUT2D eigenvalue weighted by atomic mass is 32.2. The standard InChI is InChI=1S/C20H23NO8S/c1-13-7-5-6-10-17(13)30(25,26)29-16(15-11-18(22)20(21,24)28-15)12-27-19(23)14-8-3-2-4-9-14/h2-10,15-16,18,22,24H,11-12,21H2,1H3/t15-,16+,18+,20+/m0/s1. The minimum Gasteiger partial charge on any atom is -0.459 e. The Labute approximate surface area is 174 Å². The molecule has 4 atom stereocenters. The van der Waals surface area contributed by atoms with E-state index in [1.165, 1.54) is 18.2 Å². The van der Waals surface area contributed by atoms with Crippen molar-refractivity contribution in [3.8, 4) is 0 Å². The Kier molecular flexibility index (Phi) is 6.56. The maximum Gasteiger partial charge on any atom is 0.338 e. The summed E-state index contributed by atoms with van der Waals surface area (Å²) in [7, 11) is -4.27. The first-order valence-electron chi connectivity index (χ1n) is 9.18. The van der Waals surface area contributed by atoms with Crippen LogP contribution in [0.3, 0.4) is 0 Å². The van der Waals surface area contributed by atoms with E-state index in [-0.39, 0.29) is 16.9 Å². The number of esters is 1. The molecule has 0 unspecified atom stereocenters. The van der Waals surface area contributed by atoms with Gasteiger partial charge in [0.05, 0.1) is 16.6 Å². The molecule has 0 saturated carbocycles. The second-order valence-electron chi connectivity index (χ2n) is 6.98. The lowest BCUT2D eigenvalue weighted by Gasteiger charge is -2.25. The molecule has 10 heteroatoms. The van der Waals surface area contributed by atoms with Gasteiger partial charge in [0.2, 0.25) is 5.91 Å². The van der Waals surface area contributed by atoms with Gasteiger partial charge in [-0.05, 0) is 30.7 Å². The molecule has 30 heavy (non-hydrogen) atoms. The lowest BCUT2D eigenvalue weighted by Crippen LogP contribution is -2.49. The van der Waals surface area contributed by atoms with Crippen molar-refractivity contribution in [2.45, 2.75) is 42.5 Å². The van der Waals surface area contributed by atoms with Crippen LogP contribution in [-0.4, -0.2) is 55.4 Å². The van der Waals surface area contributed by atoms with Crippen molar-refractivity contribution in [1.82, 2.24) is 0 Å². The Balaban J connectivity index is 1.81. The van der Waals surface area contributed by atoms with Crippen LogP contribution in [0.1, 0.15) is 22.3 Å². The second-order valence-corrected chi connectivity index (χ2v) is 8.52. The topological polar surface area (TPSA) is 145 Å². The second kappa shape index (κ2) is 8.80. The molecule has 0 spiro atoms. The van der Waals surface area contributed by atoms with Crippen molar-refractivity contribution in [2.75, 3.05) is 6.61 Å². The molecule has 0 bridgehead atoms. The monoisotopic (exact) mass is 437 g/mol. The average Bonchev–Trinajstić information content (AvgIpc) is 2.98. The zero-order valence-electron chi connectivity index (χ0n) is 16.2. The van der Waals surface area contributed by atoms with Crippen molar-refractivity contribution in [3.05, 3.63) is 65.7 Å². The summed E-state index contributed by atoms with van der Waals surface area (Å²) < 4.78 is 41.3. The molecule has 2 aromatic rings. The molecule has 0 aromatic heterocycles. The van der Waals surface area contributed by atoms with Gasteiger partial charge in [-0.15, -0.1) is 0 Å². The van der Waals surface area contributed by atoms with Crippen molar-refractivity contribution >= 4 is 16.1 Å². The van der Waals surface area contributed by atoms with Crippen molar-refractivity contribution < 1.29 is 37.1 Å². The number of aliphatic hydroxyl groups excluding tert-OH is 1. The Morgan fingerprint density at radius 1 is 1.23 bits per heavy atom. The van der Waals surface area contributed by atoms with E-state index >= 15 is 0 Å². The molecule has 0 amide bonds. The zero-order valence-corrected chi connectivity index (χ0v) is 17.0. The maximum absolute atomic E-state index is 12.8. The number of aliphatic hydroxyl groups is 2. The van der Waals surface area contributed by atoms with Crippen LogP contribution in [-0.2, 0) is 23.8 Å². The summed E-state index contributed by atoms with van der Waals surface area (Å²) in [5.41, 5.74) is 6.19. The molecule has 2 aromatic carbocycles. The van der Waals surface area contributed by atoms with Gasteiger partial charge < -0.3 is 19.7 Å². The van der Waals surface area contributed by atoms with E-state index in [0.29, 0.717) is 5.56 Å². The Morgan fingerprint density at radius 2 is 1.87 bits per heavy atom. The fourth-order valence-electron chi connectivity index (χ4n) is 3.05. The van der Waals surface area contributed by atoms with E-state index in [4.69, 9.17) is 19.4 Å². The van der Waals surface area contributed by atoms with Gasteiger partial charge in [-0.1, -0.05) is 36.4 Å². The predicted molar refractivity (Wildman–Crippen MR) is 105 cm³/mol. The lowest BCUT2D eigenvalue weighted by atomic mass is 10.1. The first kappa shape index (κ1) is 22.3. The summed E-state index contributed by atoms with van der Waals surface area (Å²) in [6, 6.07) is 14.3. The van der Waals surface area contributed by atoms with Gasteiger partial charge in [0, 0.05) is 6.42 Å². The number of rotatable bonds is 7. The van der Waals surface area contributed by atoms with E-state index in [1.807, 2.05) is 0 Å². The van der Waals surface area contributed by atoms with Crippen LogP contribution >= 0.6 is 0 Å². The van der Waals surface area contributed by atoms with Crippen molar-refractivity contribution in [3.63, 3.8) is 0 Å². The van der Waals surface area contributed by atoms with Gasteiger partial charge in [0.25, 0.3) is 10.1 Å². The third-order valence-corrected chi connectivity index (χ3v) is 6.19. The van der Waals surface area contributed by atoms with E-state index in [2.05, 4.69) is 0 Å². The highest BCUT2D eigenvalue weighted by Gasteiger charge is 2.48. The molecule has 3 rings (SSSR count). The molecule has 4 N–H and O–H groups in total. The third-order valence-electron chi connectivity index (χ3n) is 4.69. The molecule has 1 fully saturated rings. The first-order valence-corrected chi connectivity index (χ1v) is 10.6.